The van der Waals surface area contributed by atoms with Crippen molar-refractivity contribution in [1.82, 2.24) is 24.7 Å². The molecule has 0 saturated carbocycles. The van der Waals surface area contributed by atoms with E-state index in [0.717, 1.165) is 57.4 Å². The van der Waals surface area contributed by atoms with Crippen molar-refractivity contribution in [1.29, 1.82) is 0 Å². The predicted molar refractivity (Wildman–Crippen MR) is 112 cm³/mol. The molecule has 0 atom stereocenters. The van der Waals surface area contributed by atoms with Crippen molar-refractivity contribution < 1.29 is 4.79 Å². The van der Waals surface area contributed by atoms with Crippen LogP contribution in [-0.2, 0) is 17.6 Å². The molecule has 0 fully saturated rings. The Balaban J connectivity index is 1.73. The monoisotopic (exact) mass is 402 g/mol. The fourth-order valence-electron chi connectivity index (χ4n) is 3.56. The molecule has 4 aromatic heterocycles. The van der Waals surface area contributed by atoms with Crippen molar-refractivity contribution in [3.63, 3.8) is 0 Å². The summed E-state index contributed by atoms with van der Waals surface area (Å²) in [6, 6.07) is 9.82. The maximum atomic E-state index is 11.5. The van der Waals surface area contributed by atoms with Crippen LogP contribution >= 0.6 is 11.3 Å². The lowest BCUT2D eigenvalue weighted by molar-refractivity contribution is -0.114. The van der Waals surface area contributed by atoms with E-state index in [1.807, 2.05) is 42.1 Å². The molecule has 0 bridgehead atoms. The number of pyridine rings is 2. The summed E-state index contributed by atoms with van der Waals surface area (Å²) >= 11 is 1.48. The summed E-state index contributed by atoms with van der Waals surface area (Å²) in [7, 11) is 0. The molecule has 0 aliphatic heterocycles. The molecule has 0 saturated heterocycles. The second kappa shape index (κ2) is 6.89. The zero-order chi connectivity index (χ0) is 20.0. The van der Waals surface area contributed by atoms with Crippen LogP contribution in [0.3, 0.4) is 0 Å². The lowest BCUT2D eigenvalue weighted by Crippen LogP contribution is -2.07. The highest BCUT2D eigenvalue weighted by Gasteiger charge is 2.30. The molecule has 5 rings (SSSR count). The summed E-state index contributed by atoms with van der Waals surface area (Å²) in [5.41, 5.74) is 6.00. The van der Waals surface area contributed by atoms with Gasteiger partial charge in [-0.3, -0.25) is 9.78 Å². The second-order valence-electron chi connectivity index (χ2n) is 6.94. The number of anilines is 1. The van der Waals surface area contributed by atoms with Gasteiger partial charge >= 0.3 is 0 Å². The number of fused-ring (bicyclic) bond motifs is 3. The van der Waals surface area contributed by atoms with Gasteiger partial charge in [0, 0.05) is 36.1 Å². The van der Waals surface area contributed by atoms with E-state index in [0.29, 0.717) is 5.13 Å². The SMILES string of the molecule is CC(=O)Nc1nc2c(s1)-c1c(c(-c3ccc(C)nc3)nn1-c1ccccn1)CC2. The van der Waals surface area contributed by atoms with Crippen molar-refractivity contribution in [2.75, 3.05) is 5.32 Å². The standard InChI is InChI=1S/C21H18N6OS/c1-12-6-7-14(11-23-12)18-15-8-9-16-20(29-21(25-16)24-13(2)28)19(15)27(26-18)17-5-3-4-10-22-17/h3-7,10-11H,8-9H2,1-2H3,(H,24,25,28). The highest BCUT2D eigenvalue weighted by molar-refractivity contribution is 7.19. The zero-order valence-electron chi connectivity index (χ0n) is 16.0. The number of thiazole rings is 1. The molecule has 8 heteroatoms. The molecule has 1 amide bonds. The van der Waals surface area contributed by atoms with Gasteiger partial charge in [-0.15, -0.1) is 0 Å². The lowest BCUT2D eigenvalue weighted by atomic mass is 9.95. The molecule has 1 N–H and O–H groups in total. The normalized spacial score (nSPS) is 12.3. The number of aromatic nitrogens is 5. The fourth-order valence-corrected chi connectivity index (χ4v) is 4.67. The fraction of sp³-hybridized carbons (Fsp3) is 0.190. The van der Waals surface area contributed by atoms with E-state index in [2.05, 4.69) is 26.3 Å². The average Bonchev–Trinajstić information content (AvgIpc) is 3.29. The van der Waals surface area contributed by atoms with Crippen molar-refractivity contribution in [2.45, 2.75) is 26.7 Å². The number of carbonyl (C=O) groups is 1. The highest BCUT2D eigenvalue weighted by atomic mass is 32.1. The first-order valence-corrected chi connectivity index (χ1v) is 10.2. The van der Waals surface area contributed by atoms with Crippen molar-refractivity contribution in [3.05, 3.63) is 59.7 Å². The smallest absolute Gasteiger partial charge is 0.223 e. The van der Waals surface area contributed by atoms with Gasteiger partial charge < -0.3 is 5.32 Å². The zero-order valence-corrected chi connectivity index (χ0v) is 16.8. The van der Waals surface area contributed by atoms with E-state index in [1.54, 1.807) is 6.20 Å². The number of hydrogen-bond acceptors (Lipinski definition) is 6. The highest BCUT2D eigenvalue weighted by Crippen LogP contribution is 2.43. The predicted octanol–water partition coefficient (Wildman–Crippen LogP) is 3.82. The van der Waals surface area contributed by atoms with Gasteiger partial charge in [-0.25, -0.2) is 14.6 Å². The van der Waals surface area contributed by atoms with E-state index in [9.17, 15) is 4.79 Å². The van der Waals surface area contributed by atoms with E-state index < -0.39 is 0 Å². The van der Waals surface area contributed by atoms with Crippen LogP contribution in [0.15, 0.2) is 42.7 Å². The van der Waals surface area contributed by atoms with Crippen LogP contribution < -0.4 is 5.32 Å². The maximum absolute atomic E-state index is 11.5. The second-order valence-corrected chi connectivity index (χ2v) is 7.94. The van der Waals surface area contributed by atoms with Gasteiger partial charge in [0.2, 0.25) is 5.91 Å². The number of nitrogens with one attached hydrogen (secondary N) is 1. The van der Waals surface area contributed by atoms with E-state index in [4.69, 9.17) is 5.10 Å². The molecular formula is C21H18N6OS. The number of carbonyl (C=O) groups excluding carboxylic acids is 1. The van der Waals surface area contributed by atoms with Crippen molar-refractivity contribution in [3.8, 4) is 27.6 Å². The molecule has 0 aromatic carbocycles. The molecule has 0 unspecified atom stereocenters. The number of aryl methyl sites for hydroxylation is 2. The lowest BCUT2D eigenvalue weighted by Gasteiger charge is -2.13. The van der Waals surface area contributed by atoms with Crippen LogP contribution in [-0.4, -0.2) is 30.6 Å². The van der Waals surface area contributed by atoms with Gasteiger partial charge in [-0.1, -0.05) is 17.4 Å². The number of hydrogen-bond donors (Lipinski definition) is 1. The van der Waals surface area contributed by atoms with Gasteiger partial charge in [0.05, 0.1) is 22.0 Å². The third-order valence-corrected chi connectivity index (χ3v) is 5.86. The van der Waals surface area contributed by atoms with Gasteiger partial charge in [-0.05, 0) is 44.0 Å². The first kappa shape index (κ1) is 17.7. The Morgan fingerprint density at radius 3 is 2.79 bits per heavy atom. The summed E-state index contributed by atoms with van der Waals surface area (Å²) in [6.45, 7) is 3.46. The van der Waals surface area contributed by atoms with Crippen LogP contribution in [0.4, 0.5) is 5.13 Å². The first-order chi connectivity index (χ1) is 14.1. The molecule has 0 spiro atoms. The minimum Gasteiger partial charge on any atom is -0.302 e. The molecular weight excluding hydrogens is 384 g/mol. The Hall–Kier alpha value is -3.39. The quantitative estimate of drug-likeness (QED) is 0.563. The topological polar surface area (TPSA) is 85.6 Å². The number of nitrogens with zero attached hydrogens (tertiary/aromatic N) is 5. The first-order valence-electron chi connectivity index (χ1n) is 9.34. The van der Waals surface area contributed by atoms with Crippen LogP contribution in [0.25, 0.3) is 27.6 Å². The average molecular weight is 402 g/mol. The Kier molecular flexibility index (Phi) is 4.21. The summed E-state index contributed by atoms with van der Waals surface area (Å²) in [4.78, 5) is 26.1. The van der Waals surface area contributed by atoms with Crippen LogP contribution in [0.1, 0.15) is 23.9 Å². The largest absolute Gasteiger partial charge is 0.302 e. The molecule has 4 aromatic rings. The summed E-state index contributed by atoms with van der Waals surface area (Å²) in [6.07, 6.45) is 5.25. The van der Waals surface area contributed by atoms with Crippen LogP contribution in [0.2, 0.25) is 0 Å². The Morgan fingerprint density at radius 1 is 1.17 bits per heavy atom. The van der Waals surface area contributed by atoms with Crippen molar-refractivity contribution in [2.24, 2.45) is 0 Å². The molecule has 29 heavy (non-hydrogen) atoms. The molecule has 0 radical (unpaired) electrons. The molecule has 7 nitrogen and oxygen atoms in total. The van der Waals surface area contributed by atoms with E-state index in [1.165, 1.54) is 18.3 Å². The van der Waals surface area contributed by atoms with Gasteiger partial charge in [0.25, 0.3) is 0 Å². The summed E-state index contributed by atoms with van der Waals surface area (Å²) in [5, 5.41) is 8.36. The van der Waals surface area contributed by atoms with E-state index >= 15 is 0 Å². The maximum Gasteiger partial charge on any atom is 0.223 e. The third-order valence-electron chi connectivity index (χ3n) is 4.84. The molecule has 1 aliphatic carbocycles. The van der Waals surface area contributed by atoms with Gasteiger partial charge in [0.1, 0.15) is 0 Å². The third kappa shape index (κ3) is 3.11. The molecule has 4 heterocycles. The minimum atomic E-state index is -0.124. The minimum absolute atomic E-state index is 0.124. The van der Waals surface area contributed by atoms with Gasteiger partial charge in [0.15, 0.2) is 10.9 Å². The summed E-state index contributed by atoms with van der Waals surface area (Å²) < 4.78 is 1.89. The van der Waals surface area contributed by atoms with Crippen LogP contribution in [0.5, 0.6) is 0 Å². The molecule has 144 valence electrons. The number of rotatable bonds is 3. The van der Waals surface area contributed by atoms with Gasteiger partial charge in [-0.2, -0.15) is 5.10 Å². The van der Waals surface area contributed by atoms with E-state index in [-0.39, 0.29) is 5.91 Å². The Morgan fingerprint density at radius 2 is 2.07 bits per heavy atom. The molecule has 1 aliphatic rings. The Labute approximate surface area is 171 Å². The summed E-state index contributed by atoms with van der Waals surface area (Å²) in [5.74, 6) is 0.623. The Bertz CT molecular complexity index is 1210. The van der Waals surface area contributed by atoms with Crippen LogP contribution in [0, 0.1) is 6.92 Å². The van der Waals surface area contributed by atoms with Crippen molar-refractivity contribution >= 4 is 22.4 Å². The number of amides is 1.